The van der Waals surface area contributed by atoms with Gasteiger partial charge in [0.2, 0.25) is 5.91 Å². The molecular formula is C19H20FNO4. The number of halogens is 1. The topological polar surface area (TPSA) is 75.6 Å². The summed E-state index contributed by atoms with van der Waals surface area (Å²) in [7, 11) is 0. The van der Waals surface area contributed by atoms with Crippen LogP contribution in [0.25, 0.3) is 0 Å². The van der Waals surface area contributed by atoms with Gasteiger partial charge < -0.3 is 15.2 Å². The molecule has 0 saturated carbocycles. The summed E-state index contributed by atoms with van der Waals surface area (Å²) in [6.45, 7) is 0.243. The molecule has 0 radical (unpaired) electrons. The van der Waals surface area contributed by atoms with Crippen molar-refractivity contribution in [1.82, 2.24) is 5.32 Å². The number of ether oxygens (including phenoxy) is 1. The Bertz CT molecular complexity index is 706. The monoisotopic (exact) mass is 345 g/mol. The van der Waals surface area contributed by atoms with Crippen molar-refractivity contribution in [1.29, 1.82) is 0 Å². The van der Waals surface area contributed by atoms with Gasteiger partial charge in [0.25, 0.3) is 0 Å². The van der Waals surface area contributed by atoms with E-state index in [0.29, 0.717) is 12.2 Å². The van der Waals surface area contributed by atoms with E-state index in [9.17, 15) is 19.1 Å². The molecule has 132 valence electrons. The van der Waals surface area contributed by atoms with Gasteiger partial charge in [-0.05, 0) is 24.1 Å². The molecule has 25 heavy (non-hydrogen) atoms. The van der Waals surface area contributed by atoms with Crippen molar-refractivity contribution in [2.75, 3.05) is 6.61 Å². The number of hydrogen-bond acceptors (Lipinski definition) is 3. The number of carboxylic acid groups (broad SMARTS) is 1. The fraction of sp³-hybridized carbons (Fsp3) is 0.263. The summed E-state index contributed by atoms with van der Waals surface area (Å²) in [6, 6.07) is 13.9. The first-order valence-corrected chi connectivity index (χ1v) is 7.99. The van der Waals surface area contributed by atoms with Gasteiger partial charge in [-0.15, -0.1) is 0 Å². The molecule has 0 fully saturated rings. The van der Waals surface area contributed by atoms with E-state index in [1.807, 2.05) is 30.3 Å². The van der Waals surface area contributed by atoms with Crippen LogP contribution >= 0.6 is 0 Å². The number of hydrogen-bond donors (Lipinski definition) is 2. The van der Waals surface area contributed by atoms with E-state index in [1.54, 1.807) is 12.1 Å². The summed E-state index contributed by atoms with van der Waals surface area (Å²) >= 11 is 0. The molecular weight excluding hydrogens is 325 g/mol. The van der Waals surface area contributed by atoms with E-state index in [-0.39, 0.29) is 31.2 Å². The Hall–Kier alpha value is -2.89. The average Bonchev–Trinajstić information content (AvgIpc) is 2.59. The number of rotatable bonds is 9. The molecule has 2 aromatic rings. The van der Waals surface area contributed by atoms with Crippen LogP contribution in [-0.2, 0) is 16.0 Å². The summed E-state index contributed by atoms with van der Waals surface area (Å²) in [5, 5.41) is 11.8. The Kier molecular flexibility index (Phi) is 6.95. The quantitative estimate of drug-likeness (QED) is 0.685. The van der Waals surface area contributed by atoms with Crippen LogP contribution in [0, 0.1) is 5.82 Å². The Morgan fingerprint density at radius 1 is 1.12 bits per heavy atom. The zero-order chi connectivity index (χ0) is 18.1. The molecule has 0 saturated heterocycles. The molecule has 0 spiro atoms. The number of aliphatic carboxylic acids is 1. The first-order valence-electron chi connectivity index (χ1n) is 7.99. The predicted molar refractivity (Wildman–Crippen MR) is 90.8 cm³/mol. The molecule has 1 amide bonds. The maximum absolute atomic E-state index is 13.0. The van der Waals surface area contributed by atoms with E-state index in [4.69, 9.17) is 4.74 Å². The molecule has 2 aromatic carbocycles. The minimum atomic E-state index is -1.08. The molecule has 6 heteroatoms. The maximum atomic E-state index is 13.0. The summed E-state index contributed by atoms with van der Waals surface area (Å²) in [5.41, 5.74) is 0.838. The van der Waals surface area contributed by atoms with Gasteiger partial charge in [-0.3, -0.25) is 4.79 Å². The van der Waals surface area contributed by atoms with Gasteiger partial charge in [0.1, 0.15) is 17.6 Å². The standard InChI is InChI=1S/C19H20FNO4/c20-15-8-4-9-16(13-15)25-11-5-10-18(22)21-17(19(23)24)12-14-6-2-1-3-7-14/h1-4,6-9,13,17H,5,10-12H2,(H,21,22)(H,23,24)/t17-/m0/s1. The van der Waals surface area contributed by atoms with Crippen LogP contribution < -0.4 is 10.1 Å². The first-order chi connectivity index (χ1) is 12.0. The normalized spacial score (nSPS) is 11.6. The number of benzene rings is 2. The van der Waals surface area contributed by atoms with Gasteiger partial charge in [-0.1, -0.05) is 36.4 Å². The molecule has 0 aliphatic heterocycles. The highest BCUT2D eigenvalue weighted by Gasteiger charge is 2.20. The van der Waals surface area contributed by atoms with Gasteiger partial charge in [0.05, 0.1) is 6.61 Å². The number of amides is 1. The lowest BCUT2D eigenvalue weighted by Gasteiger charge is -2.14. The van der Waals surface area contributed by atoms with Crippen molar-refractivity contribution >= 4 is 11.9 Å². The average molecular weight is 345 g/mol. The third-order valence-corrected chi connectivity index (χ3v) is 3.53. The third kappa shape index (κ3) is 6.63. The molecule has 0 heterocycles. The Balaban J connectivity index is 1.74. The third-order valence-electron chi connectivity index (χ3n) is 3.53. The van der Waals surface area contributed by atoms with Gasteiger partial charge in [0, 0.05) is 18.9 Å². The number of carboxylic acids is 1. The molecule has 0 aliphatic carbocycles. The largest absolute Gasteiger partial charge is 0.493 e. The SMILES string of the molecule is O=C(CCCOc1cccc(F)c1)N[C@@H](Cc1ccccc1)C(=O)O. The molecule has 2 N–H and O–H groups in total. The number of nitrogens with one attached hydrogen (secondary N) is 1. The van der Waals surface area contributed by atoms with Gasteiger partial charge >= 0.3 is 5.97 Å². The minimum Gasteiger partial charge on any atom is -0.493 e. The molecule has 0 bridgehead atoms. The summed E-state index contributed by atoms with van der Waals surface area (Å²) in [6.07, 6.45) is 0.760. The number of carbonyl (C=O) groups excluding carboxylic acids is 1. The van der Waals surface area contributed by atoms with Crippen molar-refractivity contribution in [2.45, 2.75) is 25.3 Å². The lowest BCUT2D eigenvalue weighted by Crippen LogP contribution is -2.42. The van der Waals surface area contributed by atoms with Crippen molar-refractivity contribution in [3.05, 3.63) is 66.0 Å². The van der Waals surface area contributed by atoms with Gasteiger partial charge in [0.15, 0.2) is 0 Å². The van der Waals surface area contributed by atoms with Crippen LogP contribution in [0.1, 0.15) is 18.4 Å². The summed E-state index contributed by atoms with van der Waals surface area (Å²) < 4.78 is 18.4. The van der Waals surface area contributed by atoms with Gasteiger partial charge in [-0.25, -0.2) is 9.18 Å². The lowest BCUT2D eigenvalue weighted by atomic mass is 10.1. The fourth-order valence-electron chi connectivity index (χ4n) is 2.30. The fourth-order valence-corrected chi connectivity index (χ4v) is 2.30. The summed E-state index contributed by atoms with van der Waals surface area (Å²) in [5.74, 6) is -1.42. The first kappa shape index (κ1) is 18.4. The van der Waals surface area contributed by atoms with Crippen LogP contribution in [0.15, 0.2) is 54.6 Å². The molecule has 0 aliphatic rings. The van der Waals surface area contributed by atoms with Crippen LogP contribution in [0.2, 0.25) is 0 Å². The lowest BCUT2D eigenvalue weighted by molar-refractivity contribution is -0.141. The van der Waals surface area contributed by atoms with Crippen LogP contribution in [0.4, 0.5) is 4.39 Å². The van der Waals surface area contributed by atoms with E-state index in [1.165, 1.54) is 12.1 Å². The highest BCUT2D eigenvalue weighted by Crippen LogP contribution is 2.12. The van der Waals surface area contributed by atoms with E-state index in [0.717, 1.165) is 5.56 Å². The highest BCUT2D eigenvalue weighted by molar-refractivity contribution is 5.83. The predicted octanol–water partition coefficient (Wildman–Crippen LogP) is 2.80. The van der Waals surface area contributed by atoms with Crippen molar-refractivity contribution < 1.29 is 23.8 Å². The van der Waals surface area contributed by atoms with Crippen LogP contribution in [0.3, 0.4) is 0 Å². The van der Waals surface area contributed by atoms with Crippen LogP contribution in [0.5, 0.6) is 5.75 Å². The second-order valence-corrected chi connectivity index (χ2v) is 5.56. The van der Waals surface area contributed by atoms with Crippen molar-refractivity contribution in [3.8, 4) is 5.75 Å². The number of carbonyl (C=O) groups is 2. The van der Waals surface area contributed by atoms with E-state index < -0.39 is 12.0 Å². The highest BCUT2D eigenvalue weighted by atomic mass is 19.1. The molecule has 0 unspecified atom stereocenters. The van der Waals surface area contributed by atoms with Gasteiger partial charge in [-0.2, -0.15) is 0 Å². The summed E-state index contributed by atoms with van der Waals surface area (Å²) in [4.78, 5) is 23.2. The molecule has 2 rings (SSSR count). The van der Waals surface area contributed by atoms with Crippen molar-refractivity contribution in [3.63, 3.8) is 0 Å². The molecule has 0 aromatic heterocycles. The Morgan fingerprint density at radius 2 is 1.88 bits per heavy atom. The van der Waals surface area contributed by atoms with Crippen molar-refractivity contribution in [2.24, 2.45) is 0 Å². The second kappa shape index (κ2) is 9.42. The minimum absolute atomic E-state index is 0.133. The zero-order valence-electron chi connectivity index (χ0n) is 13.7. The molecule has 5 nitrogen and oxygen atoms in total. The smallest absolute Gasteiger partial charge is 0.326 e. The Labute approximate surface area is 145 Å². The van der Waals surface area contributed by atoms with E-state index >= 15 is 0 Å². The second-order valence-electron chi connectivity index (χ2n) is 5.56. The van der Waals surface area contributed by atoms with E-state index in [2.05, 4.69) is 5.32 Å². The van der Waals surface area contributed by atoms with Crippen LogP contribution in [-0.4, -0.2) is 29.6 Å². The molecule has 1 atom stereocenters. The maximum Gasteiger partial charge on any atom is 0.326 e. The Morgan fingerprint density at radius 3 is 2.56 bits per heavy atom. The zero-order valence-corrected chi connectivity index (χ0v) is 13.7.